The van der Waals surface area contributed by atoms with E-state index in [4.69, 9.17) is 23.2 Å². The summed E-state index contributed by atoms with van der Waals surface area (Å²) in [5.41, 5.74) is 0.659. The van der Waals surface area contributed by atoms with Gasteiger partial charge in [-0.05, 0) is 18.6 Å². The second kappa shape index (κ2) is 8.76. The molecule has 144 valence electrons. The highest BCUT2D eigenvalue weighted by Crippen LogP contribution is 2.41. The predicted octanol–water partition coefficient (Wildman–Crippen LogP) is 3.39. The van der Waals surface area contributed by atoms with E-state index in [9.17, 15) is 0 Å². The van der Waals surface area contributed by atoms with Crippen LogP contribution < -0.4 is 14.2 Å². The van der Waals surface area contributed by atoms with Crippen molar-refractivity contribution in [3.8, 4) is 28.7 Å². The summed E-state index contributed by atoms with van der Waals surface area (Å²) in [6.07, 6.45) is 1.76. The van der Waals surface area contributed by atoms with Crippen molar-refractivity contribution in [2.75, 3.05) is 21.3 Å². The molecule has 27 heavy (non-hydrogen) atoms. The minimum Gasteiger partial charge on any atom is -0.493 e. The minimum atomic E-state index is 0.342. The highest BCUT2D eigenvalue weighted by Gasteiger charge is 2.18. The van der Waals surface area contributed by atoms with Gasteiger partial charge >= 0.3 is 0 Å². The number of rotatable bonds is 9. The Kier molecular flexibility index (Phi) is 6.17. The summed E-state index contributed by atoms with van der Waals surface area (Å²) in [6.45, 7) is 2.06. The van der Waals surface area contributed by atoms with E-state index in [2.05, 4.69) is 27.3 Å². The van der Waals surface area contributed by atoms with E-state index < -0.39 is 0 Å². The van der Waals surface area contributed by atoms with Gasteiger partial charge in [0.15, 0.2) is 17.3 Å². The van der Waals surface area contributed by atoms with Crippen LogP contribution in [0.15, 0.2) is 26.3 Å². The summed E-state index contributed by atoms with van der Waals surface area (Å²) in [6, 6.07) is 3.50. The van der Waals surface area contributed by atoms with Gasteiger partial charge in [0.05, 0.1) is 27.1 Å². The smallest absolute Gasteiger partial charge is 0.277 e. The fourth-order valence-electron chi connectivity index (χ4n) is 2.39. The Morgan fingerprint density at radius 2 is 1.78 bits per heavy atom. The lowest BCUT2D eigenvalue weighted by Gasteiger charge is -2.12. The zero-order valence-electron chi connectivity index (χ0n) is 15.5. The average Bonchev–Trinajstić information content (AvgIpc) is 3.35. The van der Waals surface area contributed by atoms with Crippen LogP contribution in [0.2, 0.25) is 0 Å². The summed E-state index contributed by atoms with van der Waals surface area (Å²) >= 11 is 1.32. The largest absolute Gasteiger partial charge is 0.493 e. The Balaban J connectivity index is 1.75. The topological polar surface area (TPSA) is 106 Å². The van der Waals surface area contributed by atoms with Crippen molar-refractivity contribution in [1.82, 2.24) is 20.3 Å². The van der Waals surface area contributed by atoms with Crippen LogP contribution in [0.25, 0.3) is 11.5 Å². The molecule has 9 nitrogen and oxygen atoms in total. The van der Waals surface area contributed by atoms with Crippen LogP contribution in [0.3, 0.4) is 0 Å². The van der Waals surface area contributed by atoms with E-state index in [0.717, 1.165) is 12.8 Å². The van der Waals surface area contributed by atoms with Gasteiger partial charge in [-0.1, -0.05) is 23.8 Å². The van der Waals surface area contributed by atoms with Gasteiger partial charge in [-0.25, -0.2) is 0 Å². The van der Waals surface area contributed by atoms with Crippen molar-refractivity contribution in [2.45, 2.75) is 30.7 Å². The molecule has 0 bridgehead atoms. The molecule has 0 aliphatic heterocycles. The normalized spacial score (nSPS) is 10.8. The molecule has 1 aromatic carbocycles. The van der Waals surface area contributed by atoms with Crippen LogP contribution in [-0.2, 0) is 12.2 Å². The monoisotopic (exact) mass is 392 g/mol. The van der Waals surface area contributed by atoms with Gasteiger partial charge in [-0.3, -0.25) is 0 Å². The predicted molar refractivity (Wildman–Crippen MR) is 97.2 cm³/mol. The second-order valence-corrected chi connectivity index (χ2v) is 6.36. The van der Waals surface area contributed by atoms with E-state index in [1.54, 1.807) is 33.5 Å². The third-order valence-corrected chi connectivity index (χ3v) is 4.42. The number of hydrogen-bond donors (Lipinski definition) is 0. The molecule has 0 amide bonds. The quantitative estimate of drug-likeness (QED) is 0.503. The van der Waals surface area contributed by atoms with Crippen molar-refractivity contribution >= 4 is 11.8 Å². The third-order valence-electron chi connectivity index (χ3n) is 3.62. The molecule has 0 N–H and O–H groups in total. The first-order valence-corrected chi connectivity index (χ1v) is 9.25. The van der Waals surface area contributed by atoms with Crippen molar-refractivity contribution in [3.63, 3.8) is 0 Å². The molecule has 3 aromatic rings. The molecule has 0 spiro atoms. The maximum absolute atomic E-state index is 5.72. The van der Waals surface area contributed by atoms with Crippen molar-refractivity contribution in [2.24, 2.45) is 0 Å². The first kappa shape index (κ1) is 19.0. The zero-order chi connectivity index (χ0) is 19.2. The van der Waals surface area contributed by atoms with Gasteiger partial charge in [0.1, 0.15) is 0 Å². The first-order chi connectivity index (χ1) is 13.2. The van der Waals surface area contributed by atoms with Gasteiger partial charge in [-0.2, -0.15) is 4.98 Å². The SMILES string of the molecule is CCCc1noc(CSc2nnc(-c3cc(OC)c(OC)c(OC)c3)o2)n1. The minimum absolute atomic E-state index is 0.342. The molecule has 2 aromatic heterocycles. The highest BCUT2D eigenvalue weighted by atomic mass is 32.2. The van der Waals surface area contributed by atoms with E-state index in [1.807, 2.05) is 0 Å². The van der Waals surface area contributed by atoms with Crippen LogP contribution >= 0.6 is 11.8 Å². The lowest BCUT2D eigenvalue weighted by atomic mass is 10.2. The number of thioether (sulfide) groups is 1. The number of aryl methyl sites for hydroxylation is 1. The maximum Gasteiger partial charge on any atom is 0.277 e. The van der Waals surface area contributed by atoms with Crippen molar-refractivity contribution in [1.29, 1.82) is 0 Å². The van der Waals surface area contributed by atoms with Gasteiger partial charge in [0.25, 0.3) is 5.22 Å². The maximum atomic E-state index is 5.72. The number of benzene rings is 1. The Morgan fingerprint density at radius 1 is 1.04 bits per heavy atom. The lowest BCUT2D eigenvalue weighted by Crippen LogP contribution is -1.95. The summed E-state index contributed by atoms with van der Waals surface area (Å²) < 4.78 is 26.9. The molecule has 0 aliphatic carbocycles. The van der Waals surface area contributed by atoms with Gasteiger partial charge in [0.2, 0.25) is 17.5 Å². The average molecular weight is 392 g/mol. The highest BCUT2D eigenvalue weighted by molar-refractivity contribution is 7.98. The van der Waals surface area contributed by atoms with E-state index in [0.29, 0.717) is 51.4 Å². The molecule has 0 fully saturated rings. The lowest BCUT2D eigenvalue weighted by molar-refractivity contribution is 0.324. The van der Waals surface area contributed by atoms with Crippen LogP contribution in [0.5, 0.6) is 17.2 Å². The Hall–Kier alpha value is -2.75. The summed E-state index contributed by atoms with van der Waals surface area (Å²) in [7, 11) is 4.64. The molecule has 3 rings (SSSR count). The molecule has 10 heteroatoms. The molecule has 0 saturated carbocycles. The first-order valence-electron chi connectivity index (χ1n) is 8.26. The van der Waals surface area contributed by atoms with Crippen LogP contribution in [-0.4, -0.2) is 41.7 Å². The Bertz CT molecular complexity index is 870. The van der Waals surface area contributed by atoms with Crippen molar-refractivity contribution < 1.29 is 23.2 Å². The summed E-state index contributed by atoms with van der Waals surface area (Å²) in [5, 5.41) is 12.4. The van der Waals surface area contributed by atoms with E-state index >= 15 is 0 Å². The molecule has 0 aliphatic rings. The van der Waals surface area contributed by atoms with Crippen LogP contribution in [0, 0.1) is 0 Å². The van der Waals surface area contributed by atoms with Crippen molar-refractivity contribution in [3.05, 3.63) is 23.8 Å². The number of nitrogens with zero attached hydrogens (tertiary/aromatic N) is 4. The van der Waals surface area contributed by atoms with Gasteiger partial charge in [0, 0.05) is 12.0 Å². The van der Waals surface area contributed by atoms with E-state index in [1.165, 1.54) is 11.8 Å². The fourth-order valence-corrected chi connectivity index (χ4v) is 2.99. The molecule has 2 heterocycles. The number of ether oxygens (including phenoxy) is 3. The Morgan fingerprint density at radius 3 is 2.41 bits per heavy atom. The third kappa shape index (κ3) is 4.33. The standard InChI is InChI=1S/C17H20N4O5S/c1-5-6-13-18-14(26-21-13)9-27-17-20-19-16(25-17)10-7-11(22-2)15(24-4)12(8-10)23-3/h7-8H,5-6,9H2,1-4H3. The zero-order valence-corrected chi connectivity index (χ0v) is 16.3. The molecule has 0 radical (unpaired) electrons. The van der Waals surface area contributed by atoms with Crippen LogP contribution in [0.1, 0.15) is 25.1 Å². The molecular formula is C17H20N4O5S. The molecule has 0 unspecified atom stereocenters. The van der Waals surface area contributed by atoms with Crippen LogP contribution in [0.4, 0.5) is 0 Å². The molecule has 0 saturated heterocycles. The fraction of sp³-hybridized carbons (Fsp3) is 0.412. The number of methoxy groups -OCH3 is 3. The Labute approximate surface area is 160 Å². The van der Waals surface area contributed by atoms with Gasteiger partial charge in [-0.15, -0.1) is 10.2 Å². The second-order valence-electron chi connectivity index (χ2n) is 5.43. The summed E-state index contributed by atoms with van der Waals surface area (Å²) in [5.74, 6) is 3.54. The van der Waals surface area contributed by atoms with Gasteiger partial charge < -0.3 is 23.2 Å². The molecule has 0 atom stereocenters. The number of aromatic nitrogens is 4. The summed E-state index contributed by atoms with van der Waals surface area (Å²) in [4.78, 5) is 4.31. The van der Waals surface area contributed by atoms with E-state index in [-0.39, 0.29) is 0 Å². The number of hydrogen-bond acceptors (Lipinski definition) is 10. The molecular weight excluding hydrogens is 372 g/mol.